The van der Waals surface area contributed by atoms with Crippen molar-refractivity contribution >= 4 is 23.6 Å². The second-order valence-corrected chi connectivity index (χ2v) is 11.1. The minimum atomic E-state index is -0.552. The molecule has 1 unspecified atom stereocenters. The molecular formula is C22H36N2O5S. The standard InChI is InChI=1S/C22H36N2O5S/c1-21(2,15-28-19-7-5-6-10-27-19)17-13-18(29-24-17)23-20(25)22(3,4)30-12-9-16-8-11-26-14-16/h13,16,19H,5-12,14-15H2,1-4H3,(H,23,25)/t16-,19?/m0/s1. The number of nitrogens with zero attached hydrogens (tertiary/aromatic N) is 1. The van der Waals surface area contributed by atoms with Gasteiger partial charge in [-0.2, -0.15) is 0 Å². The fourth-order valence-electron chi connectivity index (χ4n) is 3.49. The summed E-state index contributed by atoms with van der Waals surface area (Å²) in [7, 11) is 0. The average molecular weight is 441 g/mol. The maximum atomic E-state index is 12.8. The third-order valence-electron chi connectivity index (χ3n) is 5.77. The maximum absolute atomic E-state index is 12.8. The average Bonchev–Trinajstić information content (AvgIpc) is 3.40. The molecule has 1 aromatic heterocycles. The number of amides is 1. The number of carbonyl (C=O) groups excluding carboxylic acids is 1. The van der Waals surface area contributed by atoms with Gasteiger partial charge in [-0.3, -0.25) is 10.1 Å². The number of ether oxygens (including phenoxy) is 3. The van der Waals surface area contributed by atoms with Gasteiger partial charge in [-0.05, 0) is 57.6 Å². The van der Waals surface area contributed by atoms with Gasteiger partial charge in [0.25, 0.3) is 0 Å². The third-order valence-corrected chi connectivity index (χ3v) is 7.11. The molecule has 2 aliphatic rings. The van der Waals surface area contributed by atoms with Gasteiger partial charge in [0.05, 0.1) is 17.0 Å². The van der Waals surface area contributed by atoms with Crippen molar-refractivity contribution in [3.8, 4) is 0 Å². The van der Waals surface area contributed by atoms with E-state index in [1.807, 2.05) is 27.7 Å². The predicted octanol–water partition coefficient (Wildman–Crippen LogP) is 4.37. The zero-order valence-electron chi connectivity index (χ0n) is 18.7. The molecule has 8 heteroatoms. The molecule has 1 aromatic rings. The molecule has 0 radical (unpaired) electrons. The molecule has 2 fully saturated rings. The van der Waals surface area contributed by atoms with Crippen LogP contribution < -0.4 is 5.32 Å². The van der Waals surface area contributed by atoms with Gasteiger partial charge in [-0.25, -0.2) is 0 Å². The fourth-order valence-corrected chi connectivity index (χ4v) is 4.63. The highest BCUT2D eigenvalue weighted by molar-refractivity contribution is 8.01. The molecule has 3 rings (SSSR count). The molecule has 0 bridgehead atoms. The van der Waals surface area contributed by atoms with Gasteiger partial charge in [-0.15, -0.1) is 11.8 Å². The van der Waals surface area contributed by atoms with Gasteiger partial charge in [0, 0.05) is 31.3 Å². The Hall–Kier alpha value is -1.09. The quantitative estimate of drug-likeness (QED) is 0.578. The summed E-state index contributed by atoms with van der Waals surface area (Å²) in [5.41, 5.74) is 0.404. The molecule has 2 atom stereocenters. The number of thioether (sulfide) groups is 1. The number of carbonyl (C=O) groups is 1. The van der Waals surface area contributed by atoms with Crippen LogP contribution >= 0.6 is 11.8 Å². The van der Waals surface area contributed by atoms with Crippen molar-refractivity contribution in [2.45, 2.75) is 76.3 Å². The van der Waals surface area contributed by atoms with E-state index in [0.29, 0.717) is 18.4 Å². The van der Waals surface area contributed by atoms with Crippen LogP contribution in [0.15, 0.2) is 10.6 Å². The van der Waals surface area contributed by atoms with Crippen LogP contribution in [0.5, 0.6) is 0 Å². The summed E-state index contributed by atoms with van der Waals surface area (Å²) in [6, 6.07) is 1.79. The molecule has 0 spiro atoms. The van der Waals surface area contributed by atoms with E-state index in [9.17, 15) is 4.79 Å². The molecule has 0 aromatic carbocycles. The summed E-state index contributed by atoms with van der Waals surface area (Å²) in [5, 5.41) is 7.05. The molecule has 0 aliphatic carbocycles. The lowest BCUT2D eigenvalue weighted by atomic mass is 9.90. The topological polar surface area (TPSA) is 82.8 Å². The molecule has 30 heavy (non-hydrogen) atoms. The zero-order chi connectivity index (χ0) is 21.6. The first-order chi connectivity index (χ1) is 14.3. The molecule has 0 saturated carbocycles. The Balaban J connectivity index is 1.47. The molecule has 2 aliphatic heterocycles. The Morgan fingerprint density at radius 2 is 2.10 bits per heavy atom. The second kappa shape index (κ2) is 10.5. The zero-order valence-corrected chi connectivity index (χ0v) is 19.5. The first-order valence-electron chi connectivity index (χ1n) is 11.0. The highest BCUT2D eigenvalue weighted by atomic mass is 32.2. The molecule has 3 heterocycles. The minimum Gasteiger partial charge on any atom is -0.381 e. The fraction of sp³-hybridized carbons (Fsp3) is 0.818. The van der Waals surface area contributed by atoms with Crippen molar-refractivity contribution in [1.82, 2.24) is 5.16 Å². The number of rotatable bonds is 10. The number of anilines is 1. The van der Waals surface area contributed by atoms with E-state index in [1.165, 1.54) is 0 Å². The van der Waals surface area contributed by atoms with Crippen molar-refractivity contribution in [2.24, 2.45) is 5.92 Å². The van der Waals surface area contributed by atoms with E-state index in [0.717, 1.165) is 63.4 Å². The number of aromatic nitrogens is 1. The van der Waals surface area contributed by atoms with Crippen LogP contribution in [0.2, 0.25) is 0 Å². The SMILES string of the molecule is CC(C)(SCC[C@@H]1CCOC1)C(=O)Nc1cc(C(C)(C)COC2CCCCO2)no1. The van der Waals surface area contributed by atoms with Crippen molar-refractivity contribution in [3.63, 3.8) is 0 Å². The van der Waals surface area contributed by atoms with Gasteiger partial charge >= 0.3 is 0 Å². The summed E-state index contributed by atoms with van der Waals surface area (Å²) in [6.07, 6.45) is 5.22. The normalized spacial score (nSPS) is 22.9. The second-order valence-electron chi connectivity index (χ2n) is 9.40. The van der Waals surface area contributed by atoms with E-state index in [1.54, 1.807) is 17.8 Å². The van der Waals surface area contributed by atoms with Crippen LogP contribution in [-0.4, -0.2) is 54.3 Å². The van der Waals surface area contributed by atoms with Crippen molar-refractivity contribution < 1.29 is 23.5 Å². The van der Waals surface area contributed by atoms with Gasteiger partial charge in [-0.1, -0.05) is 19.0 Å². The van der Waals surface area contributed by atoms with Gasteiger partial charge in [0.1, 0.15) is 0 Å². The lowest BCUT2D eigenvalue weighted by Crippen LogP contribution is -2.34. The van der Waals surface area contributed by atoms with Crippen molar-refractivity contribution in [3.05, 3.63) is 11.8 Å². The largest absolute Gasteiger partial charge is 0.381 e. The van der Waals surface area contributed by atoms with Crippen molar-refractivity contribution in [1.29, 1.82) is 0 Å². The summed E-state index contributed by atoms with van der Waals surface area (Å²) in [5.74, 6) is 1.85. The van der Waals surface area contributed by atoms with Crippen molar-refractivity contribution in [2.75, 3.05) is 37.5 Å². The van der Waals surface area contributed by atoms with Crippen LogP contribution in [0.4, 0.5) is 5.88 Å². The Morgan fingerprint density at radius 3 is 2.80 bits per heavy atom. The lowest BCUT2D eigenvalue weighted by Gasteiger charge is -2.28. The Morgan fingerprint density at radius 1 is 1.27 bits per heavy atom. The number of hydrogen-bond acceptors (Lipinski definition) is 7. The Labute approximate surface area is 183 Å². The van der Waals surface area contributed by atoms with Gasteiger partial charge < -0.3 is 18.7 Å². The summed E-state index contributed by atoms with van der Waals surface area (Å²) in [4.78, 5) is 12.8. The predicted molar refractivity (Wildman–Crippen MR) is 118 cm³/mol. The maximum Gasteiger partial charge on any atom is 0.242 e. The number of nitrogens with one attached hydrogen (secondary N) is 1. The summed E-state index contributed by atoms with van der Waals surface area (Å²) in [6.45, 7) is 10.9. The highest BCUT2D eigenvalue weighted by Crippen LogP contribution is 2.31. The van der Waals surface area contributed by atoms with Crippen LogP contribution in [0.25, 0.3) is 0 Å². The minimum absolute atomic E-state index is 0.0810. The van der Waals surface area contributed by atoms with Crippen LogP contribution in [0.3, 0.4) is 0 Å². The van der Waals surface area contributed by atoms with Crippen LogP contribution in [-0.2, 0) is 24.4 Å². The lowest BCUT2D eigenvalue weighted by molar-refractivity contribution is -0.170. The first kappa shape index (κ1) is 23.6. The van der Waals surface area contributed by atoms with E-state index in [2.05, 4.69) is 10.5 Å². The Kier molecular flexibility index (Phi) is 8.24. The molecule has 1 amide bonds. The Bertz CT molecular complexity index is 679. The molecule has 7 nitrogen and oxygen atoms in total. The van der Waals surface area contributed by atoms with E-state index >= 15 is 0 Å². The smallest absolute Gasteiger partial charge is 0.242 e. The first-order valence-corrected chi connectivity index (χ1v) is 12.0. The van der Waals surface area contributed by atoms with Crippen LogP contribution in [0.1, 0.15) is 65.5 Å². The van der Waals surface area contributed by atoms with E-state index < -0.39 is 4.75 Å². The summed E-state index contributed by atoms with van der Waals surface area (Å²) >= 11 is 1.67. The number of hydrogen-bond donors (Lipinski definition) is 1. The van der Waals surface area contributed by atoms with Gasteiger partial charge in [0.15, 0.2) is 6.29 Å². The molecule has 1 N–H and O–H groups in total. The third kappa shape index (κ3) is 6.70. The molecular weight excluding hydrogens is 404 g/mol. The highest BCUT2D eigenvalue weighted by Gasteiger charge is 2.32. The van der Waals surface area contributed by atoms with E-state index in [-0.39, 0.29) is 17.6 Å². The van der Waals surface area contributed by atoms with E-state index in [4.69, 9.17) is 18.7 Å². The van der Waals surface area contributed by atoms with Crippen LogP contribution in [0, 0.1) is 5.92 Å². The summed E-state index contributed by atoms with van der Waals surface area (Å²) < 4.78 is 21.8. The molecule has 170 valence electrons. The van der Waals surface area contributed by atoms with Gasteiger partial charge in [0.2, 0.25) is 11.8 Å². The monoisotopic (exact) mass is 440 g/mol. The molecule has 2 saturated heterocycles.